The lowest BCUT2D eigenvalue weighted by Crippen LogP contribution is -2.46. The SMILES string of the molecule is CCCCCCCCCCCCCCCC(=O)N[C@H]1C[C@H](C(=O)O)C1. The van der Waals surface area contributed by atoms with Crippen molar-refractivity contribution < 1.29 is 14.7 Å². The monoisotopic (exact) mass is 353 g/mol. The Bertz CT molecular complexity index is 364. The molecule has 0 aliphatic heterocycles. The van der Waals surface area contributed by atoms with Crippen LogP contribution in [0, 0.1) is 5.92 Å². The zero-order chi connectivity index (χ0) is 18.3. The molecule has 1 rings (SSSR count). The van der Waals surface area contributed by atoms with Gasteiger partial charge in [0, 0.05) is 12.5 Å². The smallest absolute Gasteiger partial charge is 0.306 e. The third-order valence-corrected chi connectivity index (χ3v) is 5.36. The minimum Gasteiger partial charge on any atom is -0.481 e. The summed E-state index contributed by atoms with van der Waals surface area (Å²) in [4.78, 5) is 22.5. The van der Waals surface area contributed by atoms with Gasteiger partial charge in [0.15, 0.2) is 0 Å². The van der Waals surface area contributed by atoms with Crippen LogP contribution in [0.3, 0.4) is 0 Å². The largest absolute Gasteiger partial charge is 0.481 e. The molecule has 0 atom stereocenters. The molecule has 4 nitrogen and oxygen atoms in total. The van der Waals surface area contributed by atoms with Gasteiger partial charge in [0.1, 0.15) is 0 Å². The van der Waals surface area contributed by atoms with E-state index in [9.17, 15) is 9.59 Å². The van der Waals surface area contributed by atoms with E-state index in [0.717, 1.165) is 12.8 Å². The van der Waals surface area contributed by atoms with E-state index < -0.39 is 5.97 Å². The van der Waals surface area contributed by atoms with Gasteiger partial charge in [-0.3, -0.25) is 9.59 Å². The maximum absolute atomic E-state index is 11.8. The molecule has 4 heteroatoms. The molecule has 0 radical (unpaired) electrons. The van der Waals surface area contributed by atoms with Gasteiger partial charge in [-0.05, 0) is 19.3 Å². The van der Waals surface area contributed by atoms with E-state index in [1.165, 1.54) is 70.6 Å². The molecular weight excluding hydrogens is 314 g/mol. The highest BCUT2D eigenvalue weighted by molar-refractivity contribution is 5.77. The first kappa shape index (κ1) is 22.0. The highest BCUT2D eigenvalue weighted by Gasteiger charge is 2.34. The first-order valence-electron chi connectivity index (χ1n) is 10.7. The molecule has 1 aliphatic carbocycles. The molecule has 2 N–H and O–H groups in total. The van der Waals surface area contributed by atoms with Gasteiger partial charge >= 0.3 is 5.97 Å². The minimum absolute atomic E-state index is 0.0931. The van der Waals surface area contributed by atoms with Crippen LogP contribution in [-0.4, -0.2) is 23.0 Å². The van der Waals surface area contributed by atoms with E-state index in [1.54, 1.807) is 0 Å². The van der Waals surface area contributed by atoms with Crippen LogP contribution in [0.5, 0.6) is 0 Å². The van der Waals surface area contributed by atoms with Gasteiger partial charge in [0.25, 0.3) is 0 Å². The van der Waals surface area contributed by atoms with E-state index in [-0.39, 0.29) is 17.9 Å². The van der Waals surface area contributed by atoms with Gasteiger partial charge in [-0.1, -0.05) is 84.0 Å². The summed E-state index contributed by atoms with van der Waals surface area (Å²) in [6.07, 6.45) is 18.8. The molecule has 0 unspecified atom stereocenters. The second kappa shape index (κ2) is 14.1. The number of carboxylic acid groups (broad SMARTS) is 1. The molecule has 0 aromatic carbocycles. The van der Waals surface area contributed by atoms with E-state index in [2.05, 4.69) is 12.2 Å². The van der Waals surface area contributed by atoms with Crippen molar-refractivity contribution in [2.24, 2.45) is 5.92 Å². The van der Waals surface area contributed by atoms with Crippen LogP contribution in [0.1, 0.15) is 110 Å². The normalized spacial score (nSPS) is 19.4. The molecule has 146 valence electrons. The zero-order valence-electron chi connectivity index (χ0n) is 16.2. The Morgan fingerprint density at radius 1 is 0.800 bits per heavy atom. The summed E-state index contributed by atoms with van der Waals surface area (Å²) in [5.74, 6) is -0.888. The lowest BCUT2D eigenvalue weighted by atomic mass is 9.80. The number of hydrogen-bond donors (Lipinski definition) is 2. The average molecular weight is 354 g/mol. The lowest BCUT2D eigenvalue weighted by molar-refractivity contribution is -0.146. The van der Waals surface area contributed by atoms with Crippen LogP contribution in [0.25, 0.3) is 0 Å². The Hall–Kier alpha value is -1.06. The number of aliphatic carboxylic acids is 1. The lowest BCUT2D eigenvalue weighted by Gasteiger charge is -2.32. The number of rotatable bonds is 16. The van der Waals surface area contributed by atoms with Crippen LogP contribution >= 0.6 is 0 Å². The highest BCUT2D eigenvalue weighted by atomic mass is 16.4. The Balaban J connectivity index is 1.77. The minimum atomic E-state index is -0.734. The number of carboxylic acids is 1. The Morgan fingerprint density at radius 2 is 1.24 bits per heavy atom. The van der Waals surface area contributed by atoms with Gasteiger partial charge in [-0.2, -0.15) is 0 Å². The van der Waals surface area contributed by atoms with Crippen molar-refractivity contribution in [3.63, 3.8) is 0 Å². The van der Waals surface area contributed by atoms with Crippen LogP contribution in [0.2, 0.25) is 0 Å². The van der Waals surface area contributed by atoms with Crippen molar-refractivity contribution in [2.75, 3.05) is 0 Å². The predicted octanol–water partition coefficient (Wildman–Crippen LogP) is 5.45. The van der Waals surface area contributed by atoms with Gasteiger partial charge in [-0.25, -0.2) is 0 Å². The number of carbonyl (C=O) groups is 2. The van der Waals surface area contributed by atoms with Gasteiger partial charge in [0.2, 0.25) is 5.91 Å². The summed E-state index contributed by atoms with van der Waals surface area (Å²) in [6.45, 7) is 2.26. The quantitative estimate of drug-likeness (QED) is 0.363. The molecule has 1 amide bonds. The van der Waals surface area contributed by atoms with Crippen LogP contribution in [0.15, 0.2) is 0 Å². The van der Waals surface area contributed by atoms with E-state index in [1.807, 2.05) is 0 Å². The second-order valence-corrected chi connectivity index (χ2v) is 7.76. The fourth-order valence-corrected chi connectivity index (χ4v) is 3.54. The van der Waals surface area contributed by atoms with Crippen molar-refractivity contribution >= 4 is 11.9 Å². The van der Waals surface area contributed by atoms with Crippen LogP contribution in [0.4, 0.5) is 0 Å². The Labute approximate surface area is 154 Å². The average Bonchev–Trinajstić information content (AvgIpc) is 2.54. The Kier molecular flexibility index (Phi) is 12.4. The van der Waals surface area contributed by atoms with Crippen LogP contribution < -0.4 is 5.32 Å². The number of hydrogen-bond acceptors (Lipinski definition) is 2. The molecular formula is C21H39NO3. The Morgan fingerprint density at radius 3 is 1.68 bits per heavy atom. The summed E-state index contributed by atoms with van der Waals surface area (Å²) in [7, 11) is 0. The van der Waals surface area contributed by atoms with Crippen LogP contribution in [-0.2, 0) is 9.59 Å². The van der Waals surface area contributed by atoms with E-state index >= 15 is 0 Å². The molecule has 0 aromatic rings. The molecule has 0 spiro atoms. The molecule has 0 saturated heterocycles. The fraction of sp³-hybridized carbons (Fsp3) is 0.905. The standard InChI is InChI=1S/C21H39NO3/c1-2-3-4-5-6-7-8-9-10-11-12-13-14-15-20(23)22-19-16-18(17-19)21(24)25/h18-19H,2-17H2,1H3,(H,22,23)(H,24,25)/t18-,19-. The highest BCUT2D eigenvalue weighted by Crippen LogP contribution is 2.27. The van der Waals surface area contributed by atoms with Gasteiger partial charge < -0.3 is 10.4 Å². The maximum atomic E-state index is 11.8. The summed E-state index contributed by atoms with van der Waals surface area (Å²) < 4.78 is 0. The third kappa shape index (κ3) is 11.2. The molecule has 1 saturated carbocycles. The fourth-order valence-electron chi connectivity index (χ4n) is 3.54. The maximum Gasteiger partial charge on any atom is 0.306 e. The van der Waals surface area contributed by atoms with Crippen molar-refractivity contribution in [1.82, 2.24) is 5.32 Å². The predicted molar refractivity (Wildman–Crippen MR) is 103 cm³/mol. The second-order valence-electron chi connectivity index (χ2n) is 7.76. The topological polar surface area (TPSA) is 66.4 Å². The summed E-state index contributed by atoms with van der Waals surface area (Å²) >= 11 is 0. The first-order valence-corrected chi connectivity index (χ1v) is 10.7. The summed E-state index contributed by atoms with van der Waals surface area (Å²) in [5.41, 5.74) is 0. The molecule has 1 fully saturated rings. The molecule has 25 heavy (non-hydrogen) atoms. The molecule has 0 bridgehead atoms. The number of unbranched alkanes of at least 4 members (excludes halogenated alkanes) is 12. The molecule has 1 aliphatic rings. The zero-order valence-corrected chi connectivity index (χ0v) is 16.2. The van der Waals surface area contributed by atoms with Gasteiger partial charge in [-0.15, -0.1) is 0 Å². The first-order chi connectivity index (χ1) is 12.1. The van der Waals surface area contributed by atoms with E-state index in [4.69, 9.17) is 5.11 Å². The summed E-state index contributed by atoms with van der Waals surface area (Å²) in [6, 6.07) is 0.0931. The number of amides is 1. The summed E-state index contributed by atoms with van der Waals surface area (Å²) in [5, 5.41) is 11.8. The molecule has 0 aromatic heterocycles. The van der Waals surface area contributed by atoms with E-state index in [0.29, 0.717) is 19.3 Å². The third-order valence-electron chi connectivity index (χ3n) is 5.36. The van der Waals surface area contributed by atoms with Crippen molar-refractivity contribution in [2.45, 2.75) is 116 Å². The number of carbonyl (C=O) groups excluding carboxylic acids is 1. The van der Waals surface area contributed by atoms with Crippen molar-refractivity contribution in [3.05, 3.63) is 0 Å². The van der Waals surface area contributed by atoms with Crippen molar-refractivity contribution in [3.8, 4) is 0 Å². The van der Waals surface area contributed by atoms with Crippen molar-refractivity contribution in [1.29, 1.82) is 0 Å². The van der Waals surface area contributed by atoms with Gasteiger partial charge in [0.05, 0.1) is 5.92 Å². The molecule has 0 heterocycles. The number of nitrogens with one attached hydrogen (secondary N) is 1.